The maximum absolute atomic E-state index is 11.7. The monoisotopic (exact) mass is 505 g/mol. The molecule has 19 nitrogen and oxygen atoms in total. The Kier molecular flexibility index (Phi) is 7.17. The summed E-state index contributed by atoms with van der Waals surface area (Å²) in [7, 11) is -36.1. The van der Waals surface area contributed by atoms with Crippen molar-refractivity contribution in [1.29, 1.82) is 0 Å². The minimum atomic E-state index is -7.42. The number of nitrogens with zero attached hydrogens (tertiary/aromatic N) is 1. The quantitative estimate of drug-likeness (QED) is 0.142. The summed E-state index contributed by atoms with van der Waals surface area (Å²) < 4.78 is 55.0. The zero-order valence-corrected chi connectivity index (χ0v) is 16.5. The molecule has 0 aliphatic rings. The minimum Gasteiger partial charge on any atom is -0.479 e. The Hall–Kier alpha value is 0.140. The van der Waals surface area contributed by atoms with Crippen LogP contribution >= 0.6 is 38.3 Å². The largest absolute Gasteiger partial charge is 0.479 e. The predicted octanol–water partition coefficient (Wildman–Crippen LogP) is -3.57. The second kappa shape index (κ2) is 7.13. The van der Waals surface area contributed by atoms with Crippen LogP contribution in [0.1, 0.15) is 0 Å². The summed E-state index contributed by atoms with van der Waals surface area (Å²) in [5, 5.41) is 7.03. The molecule has 1 atom stereocenters. The van der Waals surface area contributed by atoms with E-state index >= 15 is 0 Å². The van der Waals surface area contributed by atoms with Gasteiger partial charge in [-0.1, -0.05) is 4.44 Å². The molecule has 162 valence electrons. The fourth-order valence-corrected chi connectivity index (χ4v) is 11.0. The number of hydrogen-bond donors (Lipinski definition) is 12. The number of carboxylic acids is 1. The Morgan fingerprint density at radius 1 is 0.630 bits per heavy atom. The number of aliphatic hydroxyl groups is 1. The van der Waals surface area contributed by atoms with Crippen molar-refractivity contribution < 1.29 is 86.8 Å². The highest BCUT2D eigenvalue weighted by Gasteiger charge is 2.88. The molecule has 0 spiro atoms. The Labute approximate surface area is 146 Å². The number of hydrogen-bond acceptors (Lipinski definition) is 7. The van der Waals surface area contributed by atoms with Gasteiger partial charge in [-0.05, 0) is 0 Å². The molecule has 0 radical (unpaired) electrons. The van der Waals surface area contributed by atoms with Crippen molar-refractivity contribution >= 4 is 44.2 Å². The van der Waals surface area contributed by atoms with E-state index in [0.29, 0.717) is 0 Å². The fraction of sp³-hybridized carbons (Fsp3) is 0.667. The molecule has 0 aromatic carbocycles. The molecule has 0 aromatic heterocycles. The Morgan fingerprint density at radius 2 is 0.889 bits per heavy atom. The molecule has 0 saturated heterocycles. The molecule has 0 heterocycles. The molecule has 0 aromatic rings. The maximum Gasteiger partial charge on any atom is 0.414 e. The molecule has 0 aliphatic heterocycles. The van der Waals surface area contributed by atoms with Crippen molar-refractivity contribution in [2.45, 2.75) is 10.4 Å². The first kappa shape index (κ1) is 27.1. The lowest BCUT2D eigenvalue weighted by molar-refractivity contribution is -0.149. The molecule has 0 rings (SSSR count). The van der Waals surface area contributed by atoms with Crippen LogP contribution in [0.3, 0.4) is 0 Å². The summed E-state index contributed by atoms with van der Waals surface area (Å²) in [5.41, 5.74) is 0. The van der Waals surface area contributed by atoms with Crippen molar-refractivity contribution in [1.82, 2.24) is 4.44 Å². The van der Waals surface area contributed by atoms with Gasteiger partial charge in [0.1, 0.15) is 0 Å². The summed E-state index contributed by atoms with van der Waals surface area (Å²) in [6, 6.07) is 0. The predicted molar refractivity (Wildman–Crippen MR) is 77.4 cm³/mol. The zero-order valence-electron chi connectivity index (χ0n) is 12.0. The van der Waals surface area contributed by atoms with Gasteiger partial charge in [0.25, 0.3) is 5.28 Å². The summed E-state index contributed by atoms with van der Waals surface area (Å²) in [5.74, 6) is -3.71. The Morgan fingerprint density at radius 3 is 1.00 bits per heavy atom. The molecule has 27 heavy (non-hydrogen) atoms. The standard InChI is InChI=1S/C3H12NO18P5/c5-1(6)2(23(8,9)10,4(26(17,18)19)27(20,21)22)3(7,24(11,12)13)25(14,15)16/h7H,(H,5,6)(H2,8,9,10)(H2,11,12,13)(H2,14,15,16)(H2,17,18,19)(H2,20,21,22)/t2-/m0/s1. The van der Waals surface area contributed by atoms with E-state index in [1.54, 1.807) is 0 Å². The molecule has 12 N–H and O–H groups in total. The third kappa shape index (κ3) is 4.21. The molecule has 0 aliphatic carbocycles. The van der Waals surface area contributed by atoms with E-state index in [1.165, 1.54) is 0 Å². The lowest BCUT2D eigenvalue weighted by Crippen LogP contribution is -2.65. The third-order valence-corrected chi connectivity index (χ3v) is 11.8. The smallest absolute Gasteiger partial charge is 0.414 e. The lowest BCUT2D eigenvalue weighted by Gasteiger charge is -2.47. The third-order valence-electron chi connectivity index (χ3n) is 2.78. The van der Waals surface area contributed by atoms with E-state index in [4.69, 9.17) is 44.3 Å². The average molecular weight is 505 g/mol. The van der Waals surface area contributed by atoms with Crippen LogP contribution in [0.2, 0.25) is 0 Å². The van der Waals surface area contributed by atoms with Crippen LogP contribution in [-0.2, 0) is 27.6 Å². The number of rotatable bonds is 8. The Balaban J connectivity index is 8.23. The Bertz CT molecular complexity index is 800. The average Bonchev–Trinajstić information content (AvgIpc) is 2.26. The lowest BCUT2D eigenvalue weighted by atomic mass is 10.3. The SMILES string of the molecule is O=C(O)[C@@](N(P(=O)(O)O)P(=O)(O)O)(C(O)(P(=O)(O)O)P(=O)(O)O)P(=O)(O)O. The van der Waals surface area contributed by atoms with Crippen molar-refractivity contribution in [2.24, 2.45) is 0 Å². The topological polar surface area (TPSA) is 348 Å². The highest BCUT2D eigenvalue weighted by Crippen LogP contribution is 2.83. The normalized spacial score (nSPS) is 17.6. The van der Waals surface area contributed by atoms with Crippen LogP contribution in [0.25, 0.3) is 0 Å². The summed E-state index contributed by atoms with van der Waals surface area (Å²) in [6.45, 7) is 0. The van der Waals surface area contributed by atoms with Crippen LogP contribution in [0.4, 0.5) is 0 Å². The highest BCUT2D eigenvalue weighted by atomic mass is 31.3. The summed E-state index contributed by atoms with van der Waals surface area (Å²) >= 11 is 0. The first-order valence-electron chi connectivity index (χ1n) is 5.36. The van der Waals surface area contributed by atoms with Gasteiger partial charge in [0.2, 0.25) is 0 Å². The molecule has 0 amide bonds. The van der Waals surface area contributed by atoms with Crippen molar-refractivity contribution in [2.75, 3.05) is 0 Å². The van der Waals surface area contributed by atoms with Crippen LogP contribution in [-0.4, -0.2) is 79.9 Å². The minimum absolute atomic E-state index is 2.37. The maximum atomic E-state index is 11.7. The van der Waals surface area contributed by atoms with Crippen molar-refractivity contribution in [3.63, 3.8) is 0 Å². The second-order valence-corrected chi connectivity index (χ2v) is 13.3. The van der Waals surface area contributed by atoms with E-state index in [9.17, 15) is 42.5 Å². The van der Waals surface area contributed by atoms with E-state index in [-0.39, 0.29) is 0 Å². The zero-order chi connectivity index (χ0) is 22.7. The van der Waals surface area contributed by atoms with Gasteiger partial charge in [0, 0.05) is 0 Å². The number of carboxylic acid groups (broad SMARTS) is 1. The molecule has 24 heteroatoms. The molecule has 0 bridgehead atoms. The van der Waals surface area contributed by atoms with Gasteiger partial charge in [-0.3, -0.25) is 13.7 Å². The van der Waals surface area contributed by atoms with Crippen LogP contribution in [0.5, 0.6) is 0 Å². The summed E-state index contributed by atoms with van der Waals surface area (Å²) in [4.78, 5) is 102. The number of carbonyl (C=O) groups is 1. The van der Waals surface area contributed by atoms with Crippen molar-refractivity contribution in [3.05, 3.63) is 0 Å². The van der Waals surface area contributed by atoms with Gasteiger partial charge in [-0.15, -0.1) is 0 Å². The van der Waals surface area contributed by atoms with Gasteiger partial charge in [0.15, 0.2) is 0 Å². The van der Waals surface area contributed by atoms with E-state index in [0.717, 1.165) is 0 Å². The van der Waals surface area contributed by atoms with Crippen LogP contribution in [0.15, 0.2) is 0 Å². The molecule has 0 fully saturated rings. The molecule has 0 unspecified atom stereocenters. The van der Waals surface area contributed by atoms with E-state index in [2.05, 4.69) is 0 Å². The van der Waals surface area contributed by atoms with Crippen LogP contribution < -0.4 is 0 Å². The first-order valence-corrected chi connectivity index (χ1v) is 13.3. The van der Waals surface area contributed by atoms with Crippen LogP contribution in [0, 0.1) is 0 Å². The van der Waals surface area contributed by atoms with Crippen molar-refractivity contribution in [3.8, 4) is 0 Å². The second-order valence-electron chi connectivity index (χ2n) is 4.56. The highest BCUT2D eigenvalue weighted by molar-refractivity contribution is 7.75. The fourth-order valence-electron chi connectivity index (χ4n) is 1.90. The summed E-state index contributed by atoms with van der Waals surface area (Å²) in [6.07, 6.45) is 0. The first-order chi connectivity index (χ1) is 11.3. The van der Waals surface area contributed by atoms with Gasteiger partial charge < -0.3 is 59.1 Å². The molecular formula is C3H12NO18P5. The van der Waals surface area contributed by atoms with Gasteiger partial charge >= 0.3 is 49.3 Å². The molecule has 0 saturated carbocycles. The van der Waals surface area contributed by atoms with Gasteiger partial charge in [-0.2, -0.15) is 0 Å². The molecular weight excluding hydrogens is 493 g/mol. The van der Waals surface area contributed by atoms with Gasteiger partial charge in [-0.25, -0.2) is 13.9 Å². The van der Waals surface area contributed by atoms with E-state index < -0.39 is 59.1 Å². The van der Waals surface area contributed by atoms with Gasteiger partial charge in [0.05, 0.1) is 0 Å². The number of aliphatic carboxylic acids is 1. The van der Waals surface area contributed by atoms with E-state index in [1.807, 2.05) is 0 Å².